The van der Waals surface area contributed by atoms with Crippen molar-refractivity contribution >= 4 is 23.7 Å². The number of carbonyl (C=O) groups is 4. The van der Waals surface area contributed by atoms with Crippen LogP contribution in [0.5, 0.6) is 0 Å². The zero-order valence-corrected chi connectivity index (χ0v) is 25.5. The molecular weight excluding hydrogens is 522 g/mol. The van der Waals surface area contributed by atoms with Crippen LogP contribution in [0.1, 0.15) is 81.1 Å². The van der Waals surface area contributed by atoms with Gasteiger partial charge in [-0.25, -0.2) is 13.6 Å². The number of likely N-dealkylation sites (tertiary alicyclic amines) is 1. The number of nitrogens with zero attached hydrogens (tertiary/aromatic N) is 1. The number of halogens is 2. The summed E-state index contributed by atoms with van der Waals surface area (Å²) in [5, 5.41) is 8.22. The molecule has 3 rings (SSSR count). The number of fused-ring (bicyclic) bond motifs is 1. The number of methoxy groups -OCH3 is 1. The number of alkyl carbamates (subject to hydrolysis) is 1. The predicted molar refractivity (Wildman–Crippen MR) is 147 cm³/mol. The molecule has 3 fully saturated rings. The predicted octanol–water partition coefficient (Wildman–Crippen LogP) is 3.51. The highest BCUT2D eigenvalue weighted by Gasteiger charge is 2.69. The highest BCUT2D eigenvalue weighted by atomic mass is 19.3. The van der Waals surface area contributed by atoms with Crippen molar-refractivity contribution in [3.05, 3.63) is 0 Å². The number of hydrogen-bond donors (Lipinski definition) is 3. The van der Waals surface area contributed by atoms with Gasteiger partial charge in [0.25, 0.3) is 5.91 Å². The number of alkyl halides is 2. The molecule has 40 heavy (non-hydrogen) atoms. The lowest BCUT2D eigenvalue weighted by Gasteiger charge is -2.63. The zero-order chi connectivity index (χ0) is 30.4. The Balaban J connectivity index is 1.89. The Kier molecular flexibility index (Phi) is 9.00. The number of amides is 3. The summed E-state index contributed by atoms with van der Waals surface area (Å²) < 4.78 is 32.4. The molecule has 0 aromatic heterocycles. The summed E-state index contributed by atoms with van der Waals surface area (Å²) in [5.74, 6) is -5.17. The first-order valence-corrected chi connectivity index (χ1v) is 14.3. The van der Waals surface area contributed by atoms with Crippen LogP contribution in [-0.2, 0) is 19.1 Å². The summed E-state index contributed by atoms with van der Waals surface area (Å²) in [6, 6.07) is -2.47. The number of carbonyl (C=O) groups excluding carboxylic acids is 4. The van der Waals surface area contributed by atoms with Crippen LogP contribution in [0.25, 0.3) is 0 Å². The van der Waals surface area contributed by atoms with E-state index in [1.165, 1.54) is 7.11 Å². The van der Waals surface area contributed by atoms with Gasteiger partial charge in [0, 0.05) is 31.6 Å². The molecule has 3 amide bonds. The fraction of sp³-hybridized carbons (Fsp3) is 0.862. The second kappa shape index (κ2) is 11.2. The first-order valence-electron chi connectivity index (χ1n) is 14.3. The van der Waals surface area contributed by atoms with Crippen molar-refractivity contribution in [3.8, 4) is 0 Å². The molecule has 0 aromatic carbocycles. The molecule has 11 heteroatoms. The summed E-state index contributed by atoms with van der Waals surface area (Å²) in [6.45, 7) is 16.3. The summed E-state index contributed by atoms with van der Waals surface area (Å²) in [7, 11) is 1.29. The van der Waals surface area contributed by atoms with Crippen LogP contribution >= 0.6 is 0 Å². The van der Waals surface area contributed by atoms with Crippen LogP contribution in [0.2, 0.25) is 0 Å². The molecule has 0 unspecified atom stereocenters. The van der Waals surface area contributed by atoms with E-state index in [1.807, 2.05) is 25.7 Å². The molecule has 5 atom stereocenters. The van der Waals surface area contributed by atoms with E-state index in [2.05, 4.69) is 43.6 Å². The van der Waals surface area contributed by atoms with Crippen LogP contribution < -0.4 is 16.0 Å². The van der Waals surface area contributed by atoms with Crippen molar-refractivity contribution in [1.29, 1.82) is 0 Å². The molecule has 2 aliphatic carbocycles. The Labute approximate surface area is 236 Å². The fourth-order valence-corrected chi connectivity index (χ4v) is 6.37. The summed E-state index contributed by atoms with van der Waals surface area (Å²) in [4.78, 5) is 53.8. The van der Waals surface area contributed by atoms with Gasteiger partial charge in [-0.05, 0) is 54.3 Å². The van der Waals surface area contributed by atoms with Gasteiger partial charge in [-0.1, -0.05) is 48.5 Å². The first kappa shape index (κ1) is 32.2. The second-order valence-electron chi connectivity index (χ2n) is 14.3. The average molecular weight is 571 g/mol. The van der Waals surface area contributed by atoms with E-state index in [-0.39, 0.29) is 46.6 Å². The number of ketones is 1. The van der Waals surface area contributed by atoms with Crippen LogP contribution in [0.3, 0.4) is 0 Å². The maximum absolute atomic E-state index is 14.0. The Hall–Kier alpha value is -2.30. The highest BCUT2D eigenvalue weighted by molar-refractivity contribution is 6.38. The van der Waals surface area contributed by atoms with Crippen LogP contribution in [0.15, 0.2) is 0 Å². The van der Waals surface area contributed by atoms with Gasteiger partial charge in [0.15, 0.2) is 0 Å². The van der Waals surface area contributed by atoms with Crippen LogP contribution in [0.4, 0.5) is 13.6 Å². The maximum Gasteiger partial charge on any atom is 0.407 e. The van der Waals surface area contributed by atoms with Crippen molar-refractivity contribution < 1.29 is 32.7 Å². The maximum atomic E-state index is 14.0. The van der Waals surface area contributed by atoms with Crippen molar-refractivity contribution in [2.45, 2.75) is 111 Å². The third-order valence-electron chi connectivity index (χ3n) is 9.87. The van der Waals surface area contributed by atoms with Gasteiger partial charge in [-0.15, -0.1) is 0 Å². The fourth-order valence-electron chi connectivity index (χ4n) is 6.37. The lowest BCUT2D eigenvalue weighted by atomic mass is 9.40. The second-order valence-corrected chi connectivity index (χ2v) is 14.3. The van der Waals surface area contributed by atoms with E-state index in [0.717, 1.165) is 19.8 Å². The van der Waals surface area contributed by atoms with Gasteiger partial charge in [0.2, 0.25) is 17.6 Å². The molecule has 9 nitrogen and oxygen atoms in total. The molecule has 3 aliphatic rings. The average Bonchev–Trinajstić information content (AvgIpc) is 3.55. The largest absolute Gasteiger partial charge is 0.453 e. The lowest BCUT2D eigenvalue weighted by Crippen LogP contribution is -2.64. The van der Waals surface area contributed by atoms with E-state index in [9.17, 15) is 28.0 Å². The molecule has 2 saturated carbocycles. The van der Waals surface area contributed by atoms with Crippen molar-refractivity contribution in [3.63, 3.8) is 0 Å². The molecule has 3 N–H and O–H groups in total. The van der Waals surface area contributed by atoms with Gasteiger partial charge in [-0.2, -0.15) is 0 Å². The van der Waals surface area contributed by atoms with Gasteiger partial charge in [-0.3, -0.25) is 19.3 Å². The number of rotatable bonds is 11. The molecule has 1 saturated heterocycles. The molecule has 0 spiro atoms. The SMILES string of the molecule is COC(=O)N[C@H](CN1C[C@H]2[C@@H]([C@H]1C(=O)N[C@@H](CCC(C)(F)F)C(=O)C(=O)NC1CC1)C(C)(C)C2(C)C)C(C)(C)C. The minimum absolute atomic E-state index is 0.0649. The minimum atomic E-state index is -3.06. The summed E-state index contributed by atoms with van der Waals surface area (Å²) in [5.41, 5.74) is -0.684. The topological polar surface area (TPSA) is 117 Å². The Bertz CT molecular complexity index is 999. The molecule has 0 radical (unpaired) electrons. The summed E-state index contributed by atoms with van der Waals surface area (Å²) in [6.07, 6.45) is -0.0348. The van der Waals surface area contributed by atoms with Crippen LogP contribution in [-0.4, -0.2) is 78.9 Å². The Morgan fingerprint density at radius 3 is 2.10 bits per heavy atom. The van der Waals surface area contributed by atoms with E-state index in [4.69, 9.17) is 4.74 Å². The van der Waals surface area contributed by atoms with Gasteiger partial charge < -0.3 is 20.7 Å². The van der Waals surface area contributed by atoms with Gasteiger partial charge in [0.05, 0.1) is 19.2 Å². The normalized spacial score (nSPS) is 27.0. The van der Waals surface area contributed by atoms with Crippen molar-refractivity contribution in [2.75, 3.05) is 20.2 Å². The standard InChI is InChI=1S/C29H48F2N4O5/c1-26(2,3)19(34-25(39)40-9)15-35-14-17-20(28(6,7)27(17,4)5)21(35)23(37)33-18(12-13-29(8,30)31)22(36)24(38)32-16-10-11-16/h16-21H,10-15H2,1-9H3,(H,32,38)(H,33,37)(H,34,39)/t17-,18-,19+,20-,21-/m0/s1. The lowest BCUT2D eigenvalue weighted by molar-refractivity contribution is -0.160. The highest BCUT2D eigenvalue weighted by Crippen LogP contribution is 2.68. The molecule has 0 bridgehead atoms. The number of ether oxygens (including phenoxy) is 1. The molecule has 1 heterocycles. The number of hydrogen-bond acceptors (Lipinski definition) is 6. The summed E-state index contributed by atoms with van der Waals surface area (Å²) >= 11 is 0. The van der Waals surface area contributed by atoms with Gasteiger partial charge in [0.1, 0.15) is 0 Å². The number of Topliss-reactive ketones (excluding diaryl/α,β-unsaturated/α-hetero) is 1. The minimum Gasteiger partial charge on any atom is -0.453 e. The molecular formula is C29H48F2N4O5. The Morgan fingerprint density at radius 2 is 1.60 bits per heavy atom. The van der Waals surface area contributed by atoms with Crippen molar-refractivity contribution in [2.24, 2.45) is 28.1 Å². The van der Waals surface area contributed by atoms with E-state index in [1.54, 1.807) is 0 Å². The smallest absolute Gasteiger partial charge is 0.407 e. The third kappa shape index (κ3) is 6.77. The molecule has 228 valence electrons. The van der Waals surface area contributed by atoms with E-state index >= 15 is 0 Å². The quantitative estimate of drug-likeness (QED) is 0.328. The van der Waals surface area contributed by atoms with E-state index < -0.39 is 48.1 Å². The number of nitrogens with one attached hydrogen (secondary N) is 3. The van der Waals surface area contributed by atoms with Crippen LogP contribution in [0, 0.1) is 28.1 Å². The first-order chi connectivity index (χ1) is 18.2. The third-order valence-corrected chi connectivity index (χ3v) is 9.87. The molecule has 1 aliphatic heterocycles. The Morgan fingerprint density at radius 1 is 1.00 bits per heavy atom. The van der Waals surface area contributed by atoms with E-state index in [0.29, 0.717) is 13.1 Å². The van der Waals surface area contributed by atoms with Gasteiger partial charge >= 0.3 is 6.09 Å². The van der Waals surface area contributed by atoms with Crippen molar-refractivity contribution in [1.82, 2.24) is 20.9 Å². The monoisotopic (exact) mass is 570 g/mol. The molecule has 0 aromatic rings. The zero-order valence-electron chi connectivity index (χ0n) is 25.5.